The summed E-state index contributed by atoms with van der Waals surface area (Å²) in [7, 11) is 2.19. The fourth-order valence-corrected chi connectivity index (χ4v) is 3.39. The van der Waals surface area contributed by atoms with Crippen LogP contribution in [0.5, 0.6) is 0 Å². The summed E-state index contributed by atoms with van der Waals surface area (Å²) in [4.78, 5) is 48.0. The van der Waals surface area contributed by atoms with Crippen LogP contribution in [0, 0.1) is 0 Å². The van der Waals surface area contributed by atoms with Crippen molar-refractivity contribution in [2.75, 3.05) is 46.4 Å². The van der Waals surface area contributed by atoms with Gasteiger partial charge in [0.25, 0.3) is 0 Å². The minimum atomic E-state index is -1.26. The monoisotopic (exact) mass is 548 g/mol. The van der Waals surface area contributed by atoms with E-state index in [1.807, 2.05) is 0 Å². The molecule has 2 heterocycles. The van der Waals surface area contributed by atoms with Gasteiger partial charge in [0.15, 0.2) is 0 Å². The minimum Gasteiger partial charge on any atom is -0.478 e. The highest BCUT2D eigenvalue weighted by Gasteiger charge is 2.18. The molecule has 0 radical (unpaired) electrons. The summed E-state index contributed by atoms with van der Waals surface area (Å²) in [6, 6.07) is 8.42. The molecule has 1 fully saturated rings. The number of carboxylic acid groups (broad SMARTS) is 4. The maximum absolute atomic E-state index is 9.55. The zero-order valence-corrected chi connectivity index (χ0v) is 22.1. The van der Waals surface area contributed by atoms with Gasteiger partial charge in [-0.2, -0.15) is 0 Å². The Labute approximate surface area is 226 Å². The number of hydrogen-bond acceptors (Lipinski definition) is 8. The molecule has 0 saturated carbocycles. The van der Waals surface area contributed by atoms with E-state index in [-0.39, 0.29) is 0 Å². The number of aliphatic carboxylic acids is 4. The van der Waals surface area contributed by atoms with Crippen LogP contribution in [0.2, 0.25) is 0 Å². The van der Waals surface area contributed by atoms with Crippen LogP contribution in [0.4, 0.5) is 0 Å². The Hall–Kier alpha value is -4.07. The lowest BCUT2D eigenvalue weighted by Gasteiger charge is -2.32. The number of para-hydroxylation sites is 2. The predicted molar refractivity (Wildman–Crippen MR) is 142 cm³/mol. The van der Waals surface area contributed by atoms with E-state index in [9.17, 15) is 19.2 Å². The van der Waals surface area contributed by atoms with Gasteiger partial charge >= 0.3 is 23.9 Å². The molecular formula is C26H36N4O9. The van der Waals surface area contributed by atoms with Crippen LogP contribution in [0.15, 0.2) is 48.6 Å². The first kappa shape index (κ1) is 33.0. The van der Waals surface area contributed by atoms with Crippen LogP contribution in [0.1, 0.15) is 19.2 Å². The number of carbonyl (C=O) groups is 4. The number of fused-ring (bicyclic) bond motifs is 1. The first-order valence-electron chi connectivity index (χ1n) is 12.2. The zero-order chi connectivity index (χ0) is 29.2. The van der Waals surface area contributed by atoms with E-state index < -0.39 is 23.9 Å². The van der Waals surface area contributed by atoms with Crippen LogP contribution in [-0.2, 0) is 37.0 Å². The van der Waals surface area contributed by atoms with Crippen LogP contribution in [0.3, 0.4) is 0 Å². The average molecular weight is 549 g/mol. The van der Waals surface area contributed by atoms with Crippen LogP contribution >= 0.6 is 0 Å². The quantitative estimate of drug-likeness (QED) is 0.236. The number of ether oxygens (including phenoxy) is 1. The van der Waals surface area contributed by atoms with E-state index in [1.54, 1.807) is 0 Å². The summed E-state index contributed by atoms with van der Waals surface area (Å²) in [5, 5.41) is 31.2. The number of aromatic nitrogens is 2. The van der Waals surface area contributed by atoms with Gasteiger partial charge in [-0.15, -0.1) is 0 Å². The van der Waals surface area contributed by atoms with Crippen molar-refractivity contribution in [1.29, 1.82) is 0 Å². The third kappa shape index (κ3) is 14.4. The molecule has 4 N–H and O–H groups in total. The van der Waals surface area contributed by atoms with Crippen molar-refractivity contribution in [3.8, 4) is 0 Å². The summed E-state index contributed by atoms with van der Waals surface area (Å²) < 4.78 is 8.03. The molecule has 13 nitrogen and oxygen atoms in total. The van der Waals surface area contributed by atoms with Gasteiger partial charge in [0.2, 0.25) is 0 Å². The fourth-order valence-electron chi connectivity index (χ4n) is 3.39. The first-order valence-corrected chi connectivity index (χ1v) is 12.2. The zero-order valence-electron chi connectivity index (χ0n) is 22.1. The molecule has 1 aromatic heterocycles. The van der Waals surface area contributed by atoms with E-state index in [4.69, 9.17) is 30.1 Å². The summed E-state index contributed by atoms with van der Waals surface area (Å²) in [5.74, 6) is -3.87. The lowest BCUT2D eigenvalue weighted by molar-refractivity contribution is -0.134. The molecule has 214 valence electrons. The second kappa shape index (κ2) is 18.2. The highest BCUT2D eigenvalue weighted by Crippen LogP contribution is 2.18. The first-order chi connectivity index (χ1) is 18.5. The fraction of sp³-hybridized carbons (Fsp3) is 0.423. The summed E-state index contributed by atoms with van der Waals surface area (Å²) in [5.41, 5.74) is 2.31. The van der Waals surface area contributed by atoms with Crippen molar-refractivity contribution in [3.05, 3.63) is 54.4 Å². The van der Waals surface area contributed by atoms with Gasteiger partial charge in [0.05, 0.1) is 24.2 Å². The topological polar surface area (TPSA) is 183 Å². The van der Waals surface area contributed by atoms with Gasteiger partial charge < -0.3 is 34.6 Å². The maximum Gasteiger partial charge on any atom is 0.328 e. The van der Waals surface area contributed by atoms with Crippen molar-refractivity contribution >= 4 is 34.9 Å². The number of nitrogens with zero attached hydrogens (tertiary/aromatic N) is 4. The van der Waals surface area contributed by atoms with E-state index in [1.165, 1.54) is 5.52 Å². The third-order valence-electron chi connectivity index (χ3n) is 5.24. The van der Waals surface area contributed by atoms with Gasteiger partial charge in [-0.1, -0.05) is 19.1 Å². The van der Waals surface area contributed by atoms with Crippen LogP contribution in [-0.4, -0.2) is 110 Å². The molecule has 13 heteroatoms. The molecule has 1 aromatic carbocycles. The number of hydrogen-bond donors (Lipinski definition) is 4. The molecule has 0 amide bonds. The molecule has 3 rings (SSSR count). The van der Waals surface area contributed by atoms with Crippen LogP contribution < -0.4 is 0 Å². The van der Waals surface area contributed by atoms with E-state index in [2.05, 4.69) is 52.6 Å². The molecular weight excluding hydrogens is 512 g/mol. The molecule has 0 bridgehead atoms. The predicted octanol–water partition coefficient (Wildman–Crippen LogP) is 1.63. The van der Waals surface area contributed by atoms with Crippen LogP contribution in [0.25, 0.3) is 11.0 Å². The highest BCUT2D eigenvalue weighted by molar-refractivity contribution is 5.90. The Morgan fingerprint density at radius 1 is 0.846 bits per heavy atom. The summed E-state index contributed by atoms with van der Waals surface area (Å²) in [6.45, 7) is 10.0. The van der Waals surface area contributed by atoms with E-state index in [0.29, 0.717) is 24.3 Å². The summed E-state index contributed by atoms with van der Waals surface area (Å²) in [6.07, 6.45) is 3.30. The van der Waals surface area contributed by atoms with E-state index in [0.717, 1.165) is 70.2 Å². The van der Waals surface area contributed by atoms with Gasteiger partial charge in [0, 0.05) is 63.6 Å². The highest BCUT2D eigenvalue weighted by atomic mass is 16.5. The molecule has 2 aromatic rings. The van der Waals surface area contributed by atoms with Crippen molar-refractivity contribution in [2.45, 2.75) is 26.4 Å². The molecule has 39 heavy (non-hydrogen) atoms. The Kier molecular flexibility index (Phi) is 15.4. The lowest BCUT2D eigenvalue weighted by Crippen LogP contribution is -2.44. The van der Waals surface area contributed by atoms with Gasteiger partial charge in [-0.3, -0.25) is 4.90 Å². The molecule has 0 spiro atoms. The minimum absolute atomic E-state index is 0.558. The van der Waals surface area contributed by atoms with Crippen molar-refractivity contribution in [3.63, 3.8) is 0 Å². The van der Waals surface area contributed by atoms with Crippen molar-refractivity contribution in [1.82, 2.24) is 19.4 Å². The molecule has 0 atom stereocenters. The molecule has 0 aliphatic carbocycles. The average Bonchev–Trinajstić information content (AvgIpc) is 3.23. The standard InChI is InChI=1S/C18H28N4O.2C4H4O4/c1-3-13-23-14-12-22-17-7-5-4-6-16(17)19-18(22)15-21-10-8-20(2)9-11-21;2*5-3(6)1-2-4(7)8/h4-7H,3,8-15H2,1-2H3;2*1-2H,(H,5,6)(H,7,8)/b;2*2-1+. The second-order valence-corrected chi connectivity index (χ2v) is 8.38. The SMILES string of the molecule is CCCOCCn1c(CN2CCN(C)CC2)nc2ccccc21.O=C(O)/C=C/C(=O)O.O=C(O)/C=C/C(=O)O. The smallest absolute Gasteiger partial charge is 0.328 e. The number of imidazole rings is 1. The molecule has 1 aliphatic heterocycles. The molecule has 1 aliphatic rings. The van der Waals surface area contributed by atoms with E-state index >= 15 is 0 Å². The Balaban J connectivity index is 0.000000393. The number of likely N-dealkylation sites (N-methyl/N-ethyl adjacent to an activating group) is 1. The van der Waals surface area contributed by atoms with Gasteiger partial charge in [-0.05, 0) is 25.6 Å². The molecule has 1 saturated heterocycles. The Morgan fingerprint density at radius 2 is 1.36 bits per heavy atom. The third-order valence-corrected chi connectivity index (χ3v) is 5.24. The largest absolute Gasteiger partial charge is 0.478 e. The Morgan fingerprint density at radius 3 is 1.85 bits per heavy atom. The second-order valence-electron chi connectivity index (χ2n) is 8.38. The normalized spacial score (nSPS) is 14.0. The number of piperazine rings is 1. The summed E-state index contributed by atoms with van der Waals surface area (Å²) >= 11 is 0. The maximum atomic E-state index is 9.55. The number of benzene rings is 1. The van der Waals surface area contributed by atoms with Crippen molar-refractivity contribution in [2.24, 2.45) is 0 Å². The Bertz CT molecular complexity index is 1070. The number of carboxylic acids is 4. The van der Waals surface area contributed by atoms with Gasteiger partial charge in [-0.25, -0.2) is 24.2 Å². The van der Waals surface area contributed by atoms with Crippen molar-refractivity contribution < 1.29 is 44.3 Å². The van der Waals surface area contributed by atoms with Gasteiger partial charge in [0.1, 0.15) is 5.82 Å². The molecule has 0 unspecified atom stereocenters. The number of rotatable bonds is 11. The lowest BCUT2D eigenvalue weighted by atomic mass is 10.3.